The van der Waals surface area contributed by atoms with Gasteiger partial charge < -0.3 is 5.73 Å². The highest BCUT2D eigenvalue weighted by atomic mass is 35.5. The summed E-state index contributed by atoms with van der Waals surface area (Å²) >= 11 is 7.48. The summed E-state index contributed by atoms with van der Waals surface area (Å²) in [5.74, 6) is 0.572. The number of halogens is 1. The van der Waals surface area contributed by atoms with Crippen molar-refractivity contribution in [1.29, 1.82) is 0 Å². The molecule has 0 radical (unpaired) electrons. The van der Waals surface area contributed by atoms with E-state index in [9.17, 15) is 0 Å². The van der Waals surface area contributed by atoms with E-state index in [2.05, 4.69) is 5.10 Å². The highest BCUT2D eigenvalue weighted by molar-refractivity contribution is 7.16. The van der Waals surface area contributed by atoms with E-state index >= 15 is 0 Å². The Morgan fingerprint density at radius 1 is 1.24 bits per heavy atom. The van der Waals surface area contributed by atoms with Crippen LogP contribution in [0.4, 0.5) is 5.82 Å². The molecule has 0 fully saturated rings. The molecule has 3 aromatic rings. The number of nitrogens with two attached hydrogens (primary N) is 1. The first kappa shape index (κ1) is 10.6. The Balaban J connectivity index is 2.06. The monoisotopic (exact) mass is 263 g/mol. The van der Waals surface area contributed by atoms with Crippen molar-refractivity contribution in [2.75, 3.05) is 5.73 Å². The van der Waals surface area contributed by atoms with Gasteiger partial charge in [-0.3, -0.25) is 4.68 Å². The topological polar surface area (TPSA) is 43.8 Å². The van der Waals surface area contributed by atoms with Gasteiger partial charge in [-0.05, 0) is 24.3 Å². The van der Waals surface area contributed by atoms with Gasteiger partial charge >= 0.3 is 0 Å². The SMILES string of the molecule is Nc1nn(Cc2ccc(Cl)s2)c2ccccc12. The number of benzene rings is 1. The van der Waals surface area contributed by atoms with E-state index < -0.39 is 0 Å². The predicted octanol–water partition coefficient (Wildman–Crippen LogP) is 3.38. The molecule has 0 spiro atoms. The molecule has 3 rings (SSSR count). The average molecular weight is 264 g/mol. The molecule has 1 aromatic carbocycles. The summed E-state index contributed by atoms with van der Waals surface area (Å²) < 4.78 is 2.71. The molecule has 2 heterocycles. The van der Waals surface area contributed by atoms with Gasteiger partial charge in [-0.25, -0.2) is 0 Å². The minimum atomic E-state index is 0.572. The lowest BCUT2D eigenvalue weighted by molar-refractivity contribution is 0.725. The van der Waals surface area contributed by atoms with Crippen LogP contribution in [0, 0.1) is 0 Å². The highest BCUT2D eigenvalue weighted by Crippen LogP contribution is 2.25. The van der Waals surface area contributed by atoms with Crippen LogP contribution in [-0.4, -0.2) is 9.78 Å². The fourth-order valence-electron chi connectivity index (χ4n) is 1.86. The number of thiophene rings is 1. The lowest BCUT2D eigenvalue weighted by Crippen LogP contribution is -2.00. The Morgan fingerprint density at radius 3 is 2.82 bits per heavy atom. The third-order valence-corrected chi connectivity index (χ3v) is 3.84. The van der Waals surface area contributed by atoms with Crippen LogP contribution < -0.4 is 5.73 Å². The molecule has 0 saturated heterocycles. The lowest BCUT2D eigenvalue weighted by atomic mass is 10.2. The van der Waals surface area contributed by atoms with Gasteiger partial charge in [0.15, 0.2) is 5.82 Å². The maximum absolute atomic E-state index is 5.91. The summed E-state index contributed by atoms with van der Waals surface area (Å²) in [5.41, 5.74) is 6.93. The van der Waals surface area contributed by atoms with Crippen LogP contribution in [0.25, 0.3) is 10.9 Å². The summed E-state index contributed by atoms with van der Waals surface area (Å²) in [6.45, 7) is 0.703. The second-order valence-electron chi connectivity index (χ2n) is 3.77. The first-order chi connectivity index (χ1) is 8.24. The normalized spacial score (nSPS) is 11.1. The molecule has 3 nitrogen and oxygen atoms in total. The molecule has 0 aliphatic rings. The van der Waals surface area contributed by atoms with E-state index in [1.807, 2.05) is 41.1 Å². The summed E-state index contributed by atoms with van der Waals surface area (Å²) in [7, 11) is 0. The Hall–Kier alpha value is -1.52. The van der Waals surface area contributed by atoms with Crippen LogP contribution in [0.1, 0.15) is 4.88 Å². The van der Waals surface area contributed by atoms with Gasteiger partial charge in [0.25, 0.3) is 0 Å². The van der Waals surface area contributed by atoms with E-state index in [0.717, 1.165) is 15.2 Å². The number of fused-ring (bicyclic) bond motifs is 1. The van der Waals surface area contributed by atoms with Gasteiger partial charge in [-0.2, -0.15) is 5.10 Å². The highest BCUT2D eigenvalue weighted by Gasteiger charge is 2.08. The van der Waals surface area contributed by atoms with Crippen molar-refractivity contribution in [2.45, 2.75) is 6.54 Å². The van der Waals surface area contributed by atoms with Crippen LogP contribution in [0.2, 0.25) is 4.34 Å². The Labute approximate surface area is 107 Å². The van der Waals surface area contributed by atoms with Crippen molar-refractivity contribution in [3.8, 4) is 0 Å². The quantitative estimate of drug-likeness (QED) is 0.770. The van der Waals surface area contributed by atoms with E-state index in [4.69, 9.17) is 17.3 Å². The molecule has 0 aliphatic carbocycles. The Kier molecular flexibility index (Phi) is 2.53. The molecule has 2 aromatic heterocycles. The number of rotatable bonds is 2. The number of aromatic nitrogens is 2. The number of hydrogen-bond acceptors (Lipinski definition) is 3. The number of nitrogen functional groups attached to an aromatic ring is 1. The standard InChI is InChI=1S/C12H10ClN3S/c13-11-6-5-8(17-11)7-16-10-4-2-1-3-9(10)12(14)15-16/h1-6H,7H2,(H2,14,15). The molecule has 17 heavy (non-hydrogen) atoms. The first-order valence-electron chi connectivity index (χ1n) is 5.19. The third-order valence-electron chi connectivity index (χ3n) is 2.62. The minimum absolute atomic E-state index is 0.572. The molecule has 2 N–H and O–H groups in total. The summed E-state index contributed by atoms with van der Waals surface area (Å²) in [4.78, 5) is 1.17. The number of hydrogen-bond donors (Lipinski definition) is 1. The van der Waals surface area contributed by atoms with Crippen molar-refractivity contribution in [2.24, 2.45) is 0 Å². The van der Waals surface area contributed by atoms with Gasteiger partial charge in [0.05, 0.1) is 16.4 Å². The van der Waals surface area contributed by atoms with Crippen LogP contribution in [0.3, 0.4) is 0 Å². The molecule has 0 bridgehead atoms. The molecule has 86 valence electrons. The van der Waals surface area contributed by atoms with E-state index in [1.54, 1.807) is 11.3 Å². The average Bonchev–Trinajstić information content (AvgIpc) is 2.86. The van der Waals surface area contributed by atoms with Gasteiger partial charge in [0, 0.05) is 10.3 Å². The largest absolute Gasteiger partial charge is 0.382 e. The van der Waals surface area contributed by atoms with Crippen LogP contribution in [0.15, 0.2) is 36.4 Å². The van der Waals surface area contributed by atoms with Gasteiger partial charge in [-0.15, -0.1) is 11.3 Å². The fraction of sp³-hybridized carbons (Fsp3) is 0.0833. The predicted molar refractivity (Wildman–Crippen MR) is 72.6 cm³/mol. The van der Waals surface area contributed by atoms with Crippen LogP contribution >= 0.6 is 22.9 Å². The molecular formula is C12H10ClN3S. The summed E-state index contributed by atoms with van der Waals surface area (Å²) in [5, 5.41) is 5.35. The van der Waals surface area contributed by atoms with Gasteiger partial charge in [0.2, 0.25) is 0 Å². The van der Waals surface area contributed by atoms with Gasteiger partial charge in [0.1, 0.15) is 0 Å². The lowest BCUT2D eigenvalue weighted by Gasteiger charge is -2.00. The van der Waals surface area contributed by atoms with Crippen molar-refractivity contribution in [3.05, 3.63) is 45.6 Å². The van der Waals surface area contributed by atoms with E-state index in [1.165, 1.54) is 4.88 Å². The maximum Gasteiger partial charge on any atom is 0.153 e. The second-order valence-corrected chi connectivity index (χ2v) is 5.57. The molecule has 0 atom stereocenters. The molecular weight excluding hydrogens is 254 g/mol. The zero-order chi connectivity index (χ0) is 11.8. The van der Waals surface area contributed by atoms with Crippen LogP contribution in [-0.2, 0) is 6.54 Å². The van der Waals surface area contributed by atoms with Crippen molar-refractivity contribution >= 4 is 39.7 Å². The zero-order valence-electron chi connectivity index (χ0n) is 8.93. The van der Waals surface area contributed by atoms with E-state index in [0.29, 0.717) is 12.4 Å². The van der Waals surface area contributed by atoms with Crippen molar-refractivity contribution < 1.29 is 0 Å². The number of nitrogens with zero attached hydrogens (tertiary/aromatic N) is 2. The number of anilines is 1. The molecule has 5 heteroatoms. The third kappa shape index (κ3) is 1.90. The fourth-order valence-corrected chi connectivity index (χ4v) is 2.93. The minimum Gasteiger partial charge on any atom is -0.382 e. The zero-order valence-corrected chi connectivity index (χ0v) is 10.5. The Bertz CT molecular complexity index is 671. The summed E-state index contributed by atoms with van der Waals surface area (Å²) in [6, 6.07) is 11.9. The van der Waals surface area contributed by atoms with Crippen molar-refractivity contribution in [3.63, 3.8) is 0 Å². The maximum atomic E-state index is 5.91. The molecule has 0 amide bonds. The first-order valence-corrected chi connectivity index (χ1v) is 6.39. The number of para-hydroxylation sites is 1. The van der Waals surface area contributed by atoms with E-state index in [-0.39, 0.29) is 0 Å². The Morgan fingerprint density at radius 2 is 2.06 bits per heavy atom. The summed E-state index contributed by atoms with van der Waals surface area (Å²) in [6.07, 6.45) is 0. The second kappa shape index (κ2) is 4.05. The smallest absolute Gasteiger partial charge is 0.153 e. The van der Waals surface area contributed by atoms with Gasteiger partial charge in [-0.1, -0.05) is 23.7 Å². The molecule has 0 saturated carbocycles. The van der Waals surface area contributed by atoms with Crippen LogP contribution in [0.5, 0.6) is 0 Å². The van der Waals surface area contributed by atoms with Crippen molar-refractivity contribution in [1.82, 2.24) is 9.78 Å². The molecule has 0 aliphatic heterocycles. The molecule has 0 unspecified atom stereocenters.